The van der Waals surface area contributed by atoms with E-state index in [1.54, 1.807) is 0 Å². The Labute approximate surface area is 116 Å². The summed E-state index contributed by atoms with van der Waals surface area (Å²) < 4.78 is 0. The van der Waals surface area contributed by atoms with E-state index in [2.05, 4.69) is 30.4 Å². The number of nitrogens with one attached hydrogen (secondary N) is 1. The third-order valence-electron chi connectivity index (χ3n) is 4.22. The first kappa shape index (κ1) is 13.9. The van der Waals surface area contributed by atoms with Crippen LogP contribution in [-0.2, 0) is 6.54 Å². The Hall–Kier alpha value is -0.530. The molecule has 0 bridgehead atoms. The Bertz CT molecular complexity index is 383. The van der Waals surface area contributed by atoms with Crippen molar-refractivity contribution in [1.82, 2.24) is 5.32 Å². The van der Waals surface area contributed by atoms with E-state index < -0.39 is 0 Å². The molecule has 0 unspecified atom stereocenters. The van der Waals surface area contributed by atoms with Gasteiger partial charge < -0.3 is 5.32 Å². The van der Waals surface area contributed by atoms with E-state index in [9.17, 15) is 0 Å². The second kappa shape index (κ2) is 6.58. The summed E-state index contributed by atoms with van der Waals surface area (Å²) >= 11 is 6.15. The van der Waals surface area contributed by atoms with Crippen molar-refractivity contribution < 1.29 is 0 Å². The molecular formula is C16H24ClN. The molecular weight excluding hydrogens is 242 g/mol. The number of aryl methyl sites for hydroxylation is 1. The second-order valence-corrected chi connectivity index (χ2v) is 6.06. The van der Waals surface area contributed by atoms with Crippen molar-refractivity contribution in [3.63, 3.8) is 0 Å². The first-order valence-corrected chi connectivity index (χ1v) is 7.53. The first-order valence-electron chi connectivity index (χ1n) is 7.15. The van der Waals surface area contributed by atoms with Gasteiger partial charge in [0.15, 0.2) is 0 Å². The topological polar surface area (TPSA) is 12.0 Å². The fraction of sp³-hybridized carbons (Fsp3) is 0.625. The Kier molecular flexibility index (Phi) is 5.08. The monoisotopic (exact) mass is 265 g/mol. The summed E-state index contributed by atoms with van der Waals surface area (Å²) in [7, 11) is 0. The molecule has 2 rings (SSSR count). The van der Waals surface area contributed by atoms with Crippen molar-refractivity contribution in [3.8, 4) is 0 Å². The lowest BCUT2D eigenvalue weighted by Gasteiger charge is -2.28. The molecule has 0 aliphatic heterocycles. The maximum absolute atomic E-state index is 6.15. The molecule has 1 aromatic rings. The summed E-state index contributed by atoms with van der Waals surface area (Å²) in [5.74, 6) is 0.861. The Balaban J connectivity index is 1.84. The normalized spacial score (nSPS) is 18.8. The molecule has 0 aromatic heterocycles. The molecule has 1 fully saturated rings. The van der Waals surface area contributed by atoms with Gasteiger partial charge in [-0.3, -0.25) is 0 Å². The van der Waals surface area contributed by atoms with Crippen molar-refractivity contribution in [2.24, 2.45) is 5.92 Å². The van der Waals surface area contributed by atoms with Crippen LogP contribution in [0.1, 0.15) is 50.2 Å². The lowest BCUT2D eigenvalue weighted by Crippen LogP contribution is -2.34. The molecule has 1 aliphatic carbocycles. The van der Waals surface area contributed by atoms with Crippen molar-refractivity contribution >= 4 is 11.6 Å². The summed E-state index contributed by atoms with van der Waals surface area (Å²) in [5, 5.41) is 4.53. The molecule has 0 spiro atoms. The van der Waals surface area contributed by atoms with Crippen LogP contribution in [0.15, 0.2) is 18.2 Å². The maximum Gasteiger partial charge on any atom is 0.0438 e. The summed E-state index contributed by atoms with van der Waals surface area (Å²) in [6.45, 7) is 5.30. The van der Waals surface area contributed by atoms with Gasteiger partial charge in [0.1, 0.15) is 0 Å². The highest BCUT2D eigenvalue weighted by Crippen LogP contribution is 2.26. The van der Waals surface area contributed by atoms with Gasteiger partial charge in [-0.1, -0.05) is 43.0 Å². The summed E-state index contributed by atoms with van der Waals surface area (Å²) in [4.78, 5) is 0. The smallest absolute Gasteiger partial charge is 0.0438 e. The standard InChI is InChI=1S/C16H24ClN/c1-12-8-9-14(10-16(12)17)11-18-13(2)15-6-4-3-5-7-15/h8-10,13,15,18H,3-7,11H2,1-2H3/t13-/m0/s1. The fourth-order valence-electron chi connectivity index (χ4n) is 2.83. The molecule has 1 aromatic carbocycles. The van der Waals surface area contributed by atoms with Crippen LogP contribution in [0.2, 0.25) is 5.02 Å². The molecule has 1 aliphatic rings. The number of hydrogen-bond acceptors (Lipinski definition) is 1. The Morgan fingerprint density at radius 1 is 1.28 bits per heavy atom. The maximum atomic E-state index is 6.15. The predicted octanol–water partition coefficient (Wildman–Crippen LogP) is 4.71. The zero-order valence-corrected chi connectivity index (χ0v) is 12.3. The summed E-state index contributed by atoms with van der Waals surface area (Å²) in [5.41, 5.74) is 2.44. The summed E-state index contributed by atoms with van der Waals surface area (Å²) in [6, 6.07) is 6.97. The SMILES string of the molecule is Cc1ccc(CN[C@@H](C)C2CCCCC2)cc1Cl. The van der Waals surface area contributed by atoms with Crippen LogP contribution < -0.4 is 5.32 Å². The minimum absolute atomic E-state index is 0.616. The zero-order chi connectivity index (χ0) is 13.0. The molecule has 1 nitrogen and oxygen atoms in total. The lowest BCUT2D eigenvalue weighted by atomic mass is 9.84. The van der Waals surface area contributed by atoms with Gasteiger partial charge in [-0.05, 0) is 49.8 Å². The van der Waals surface area contributed by atoms with Gasteiger partial charge >= 0.3 is 0 Å². The van der Waals surface area contributed by atoms with Crippen LogP contribution in [0.5, 0.6) is 0 Å². The third kappa shape index (κ3) is 3.73. The van der Waals surface area contributed by atoms with Crippen LogP contribution in [-0.4, -0.2) is 6.04 Å². The quantitative estimate of drug-likeness (QED) is 0.832. The van der Waals surface area contributed by atoms with Crippen molar-refractivity contribution in [2.75, 3.05) is 0 Å². The number of halogens is 1. The van der Waals surface area contributed by atoms with E-state index in [1.807, 2.05) is 6.92 Å². The van der Waals surface area contributed by atoms with Crippen LogP contribution in [0.4, 0.5) is 0 Å². The minimum Gasteiger partial charge on any atom is -0.310 e. The van der Waals surface area contributed by atoms with E-state index in [0.29, 0.717) is 6.04 Å². The minimum atomic E-state index is 0.616. The highest BCUT2D eigenvalue weighted by molar-refractivity contribution is 6.31. The molecule has 0 radical (unpaired) electrons. The third-order valence-corrected chi connectivity index (χ3v) is 4.63. The van der Waals surface area contributed by atoms with E-state index in [-0.39, 0.29) is 0 Å². The highest BCUT2D eigenvalue weighted by Gasteiger charge is 2.19. The van der Waals surface area contributed by atoms with Crippen LogP contribution in [0, 0.1) is 12.8 Å². The van der Waals surface area contributed by atoms with Gasteiger partial charge in [0, 0.05) is 17.6 Å². The van der Waals surface area contributed by atoms with Gasteiger partial charge in [-0.2, -0.15) is 0 Å². The average molecular weight is 266 g/mol. The Morgan fingerprint density at radius 2 is 2.00 bits per heavy atom. The van der Waals surface area contributed by atoms with E-state index in [4.69, 9.17) is 11.6 Å². The number of benzene rings is 1. The first-order chi connectivity index (χ1) is 8.66. The average Bonchev–Trinajstić information content (AvgIpc) is 2.41. The van der Waals surface area contributed by atoms with Crippen molar-refractivity contribution in [1.29, 1.82) is 0 Å². The molecule has 1 saturated carbocycles. The largest absolute Gasteiger partial charge is 0.310 e. The molecule has 1 N–H and O–H groups in total. The van der Waals surface area contributed by atoms with Crippen molar-refractivity contribution in [2.45, 2.75) is 58.5 Å². The fourth-order valence-corrected chi connectivity index (χ4v) is 3.03. The highest BCUT2D eigenvalue weighted by atomic mass is 35.5. The van der Waals surface area contributed by atoms with Gasteiger partial charge in [0.2, 0.25) is 0 Å². The molecule has 0 heterocycles. The molecule has 100 valence electrons. The predicted molar refractivity (Wildman–Crippen MR) is 79.1 cm³/mol. The molecule has 2 heteroatoms. The lowest BCUT2D eigenvalue weighted by molar-refractivity contribution is 0.280. The number of rotatable bonds is 4. The van der Waals surface area contributed by atoms with Gasteiger partial charge in [0.25, 0.3) is 0 Å². The van der Waals surface area contributed by atoms with Crippen LogP contribution in [0.3, 0.4) is 0 Å². The van der Waals surface area contributed by atoms with Crippen molar-refractivity contribution in [3.05, 3.63) is 34.3 Å². The van der Waals surface area contributed by atoms with Gasteiger partial charge in [-0.15, -0.1) is 0 Å². The molecule has 1 atom stereocenters. The number of hydrogen-bond donors (Lipinski definition) is 1. The zero-order valence-electron chi connectivity index (χ0n) is 11.5. The van der Waals surface area contributed by atoms with Gasteiger partial charge in [0.05, 0.1) is 0 Å². The molecule has 18 heavy (non-hydrogen) atoms. The van der Waals surface area contributed by atoms with E-state index >= 15 is 0 Å². The van der Waals surface area contributed by atoms with Crippen LogP contribution in [0.25, 0.3) is 0 Å². The second-order valence-electron chi connectivity index (χ2n) is 5.65. The summed E-state index contributed by atoms with van der Waals surface area (Å²) in [6.07, 6.45) is 7.03. The van der Waals surface area contributed by atoms with E-state index in [1.165, 1.54) is 37.7 Å². The van der Waals surface area contributed by atoms with E-state index in [0.717, 1.165) is 23.0 Å². The molecule has 0 saturated heterocycles. The van der Waals surface area contributed by atoms with Gasteiger partial charge in [-0.25, -0.2) is 0 Å². The van der Waals surface area contributed by atoms with Crippen LogP contribution >= 0.6 is 11.6 Å². The Morgan fingerprint density at radius 3 is 2.67 bits per heavy atom. The molecule has 0 amide bonds.